The van der Waals surface area contributed by atoms with Crippen LogP contribution in [0.1, 0.15) is 25.3 Å². The Hall–Kier alpha value is -2.58. The van der Waals surface area contributed by atoms with E-state index in [-0.39, 0.29) is 17.4 Å². The minimum atomic E-state index is -3.49. The maximum atomic E-state index is 12.8. The van der Waals surface area contributed by atoms with Gasteiger partial charge in [-0.05, 0) is 67.1 Å². The van der Waals surface area contributed by atoms with Gasteiger partial charge in [-0.1, -0.05) is 19.1 Å². The number of rotatable bonds is 9. The average Bonchev–Trinajstić information content (AvgIpc) is 2.79. The molecule has 8 heteroatoms. The first kappa shape index (κ1) is 23.1. The fourth-order valence-corrected chi connectivity index (χ4v) is 4.89. The van der Waals surface area contributed by atoms with E-state index in [0.717, 1.165) is 24.2 Å². The second-order valence-corrected chi connectivity index (χ2v) is 9.73. The molecule has 1 aliphatic rings. The Balaban J connectivity index is 1.43. The van der Waals surface area contributed by atoms with Crippen molar-refractivity contribution in [3.8, 4) is 11.5 Å². The summed E-state index contributed by atoms with van der Waals surface area (Å²) in [5.74, 6) is 1.58. The van der Waals surface area contributed by atoms with Gasteiger partial charge >= 0.3 is 0 Å². The molecule has 0 unspecified atom stereocenters. The summed E-state index contributed by atoms with van der Waals surface area (Å²) in [7, 11) is -1.86. The number of sulfonamides is 1. The highest BCUT2D eigenvalue weighted by atomic mass is 32.2. The normalized spacial score (nSPS) is 15.4. The fraction of sp³-hybridized carbons (Fsp3) is 0.435. The van der Waals surface area contributed by atoms with Crippen LogP contribution in [0.15, 0.2) is 53.4 Å². The number of ether oxygens (including phenoxy) is 2. The second kappa shape index (κ2) is 10.6. The van der Waals surface area contributed by atoms with Crippen molar-refractivity contribution in [3.63, 3.8) is 0 Å². The Kier molecular flexibility index (Phi) is 7.92. The summed E-state index contributed by atoms with van der Waals surface area (Å²) in [6, 6.07) is 13.9. The summed E-state index contributed by atoms with van der Waals surface area (Å²) in [5, 5.41) is 2.81. The van der Waals surface area contributed by atoms with Crippen molar-refractivity contribution in [2.24, 2.45) is 5.92 Å². The minimum absolute atomic E-state index is 0.126. The number of nitrogens with one attached hydrogen (secondary N) is 1. The molecule has 1 amide bonds. The molecule has 0 spiro atoms. The van der Waals surface area contributed by atoms with Crippen LogP contribution in [-0.4, -0.2) is 52.0 Å². The highest BCUT2D eigenvalue weighted by Gasteiger charge is 2.27. The van der Waals surface area contributed by atoms with Crippen LogP contribution in [-0.2, 0) is 21.2 Å². The lowest BCUT2D eigenvalue weighted by Gasteiger charge is -2.29. The summed E-state index contributed by atoms with van der Waals surface area (Å²) in [5.41, 5.74) is 1.10. The van der Waals surface area contributed by atoms with Gasteiger partial charge in [0.05, 0.1) is 12.0 Å². The number of amides is 1. The van der Waals surface area contributed by atoms with E-state index >= 15 is 0 Å². The Morgan fingerprint density at radius 2 is 1.65 bits per heavy atom. The maximum absolute atomic E-state index is 12.8. The molecule has 2 aromatic carbocycles. The molecule has 31 heavy (non-hydrogen) atoms. The molecule has 1 heterocycles. The van der Waals surface area contributed by atoms with E-state index in [2.05, 4.69) is 12.2 Å². The number of piperidine rings is 1. The van der Waals surface area contributed by atoms with E-state index in [4.69, 9.17) is 9.47 Å². The van der Waals surface area contributed by atoms with Crippen LogP contribution in [0.25, 0.3) is 0 Å². The van der Waals surface area contributed by atoms with E-state index in [1.807, 2.05) is 24.3 Å². The van der Waals surface area contributed by atoms with Crippen LogP contribution in [0.3, 0.4) is 0 Å². The SMILES string of the molecule is COc1ccc(CCNC(=O)COc2ccc(S(=O)(=O)N3CCC(C)CC3)cc2)cc1. The fourth-order valence-electron chi connectivity index (χ4n) is 3.42. The van der Waals surface area contributed by atoms with Gasteiger partial charge < -0.3 is 14.8 Å². The van der Waals surface area contributed by atoms with Crippen LogP contribution < -0.4 is 14.8 Å². The lowest BCUT2D eigenvalue weighted by atomic mass is 10.0. The summed E-state index contributed by atoms with van der Waals surface area (Å²) in [6.07, 6.45) is 2.47. The predicted octanol–water partition coefficient (Wildman–Crippen LogP) is 2.85. The average molecular weight is 447 g/mol. The molecule has 0 aliphatic carbocycles. The van der Waals surface area contributed by atoms with Crippen molar-refractivity contribution in [3.05, 3.63) is 54.1 Å². The van der Waals surface area contributed by atoms with Crippen LogP contribution in [0.5, 0.6) is 11.5 Å². The number of hydrogen-bond donors (Lipinski definition) is 1. The van der Waals surface area contributed by atoms with Crippen molar-refractivity contribution in [1.82, 2.24) is 9.62 Å². The van der Waals surface area contributed by atoms with Gasteiger partial charge in [-0.25, -0.2) is 8.42 Å². The van der Waals surface area contributed by atoms with Crippen LogP contribution in [0, 0.1) is 5.92 Å². The van der Waals surface area contributed by atoms with Crippen molar-refractivity contribution in [2.75, 3.05) is 33.4 Å². The van der Waals surface area contributed by atoms with Crippen LogP contribution >= 0.6 is 0 Å². The second-order valence-electron chi connectivity index (χ2n) is 7.79. The highest BCUT2D eigenvalue weighted by Crippen LogP contribution is 2.24. The Labute approximate surface area is 184 Å². The van der Waals surface area contributed by atoms with Crippen molar-refractivity contribution in [2.45, 2.75) is 31.1 Å². The molecule has 0 bridgehead atoms. The standard InChI is InChI=1S/C23H30N2O5S/c1-18-12-15-25(16-13-18)31(27,28)22-9-7-21(8-10-22)30-17-23(26)24-14-11-19-3-5-20(29-2)6-4-19/h3-10,18H,11-17H2,1-2H3,(H,24,26). The van der Waals surface area contributed by atoms with Gasteiger partial charge in [-0.2, -0.15) is 4.31 Å². The van der Waals surface area contributed by atoms with Crippen molar-refractivity contribution >= 4 is 15.9 Å². The monoisotopic (exact) mass is 446 g/mol. The molecular weight excluding hydrogens is 416 g/mol. The molecule has 1 aliphatic heterocycles. The van der Waals surface area contributed by atoms with Gasteiger partial charge in [-0.3, -0.25) is 4.79 Å². The molecule has 0 atom stereocenters. The molecule has 1 N–H and O–H groups in total. The topological polar surface area (TPSA) is 84.9 Å². The molecule has 1 fully saturated rings. The maximum Gasteiger partial charge on any atom is 0.257 e. The highest BCUT2D eigenvalue weighted by molar-refractivity contribution is 7.89. The molecule has 7 nitrogen and oxygen atoms in total. The van der Waals surface area contributed by atoms with Gasteiger partial charge in [0.2, 0.25) is 10.0 Å². The zero-order chi connectivity index (χ0) is 22.3. The van der Waals surface area contributed by atoms with Gasteiger partial charge in [-0.15, -0.1) is 0 Å². The Bertz CT molecular complexity index is 950. The largest absolute Gasteiger partial charge is 0.497 e. The zero-order valence-electron chi connectivity index (χ0n) is 18.0. The third kappa shape index (κ3) is 6.45. The van der Waals surface area contributed by atoms with E-state index in [1.165, 1.54) is 12.1 Å². The first-order valence-electron chi connectivity index (χ1n) is 10.5. The number of hydrogen-bond acceptors (Lipinski definition) is 5. The number of carbonyl (C=O) groups excluding carboxylic acids is 1. The van der Waals surface area contributed by atoms with Gasteiger partial charge in [0.15, 0.2) is 6.61 Å². The number of methoxy groups -OCH3 is 1. The minimum Gasteiger partial charge on any atom is -0.497 e. The van der Waals surface area contributed by atoms with E-state index in [0.29, 0.717) is 37.7 Å². The third-order valence-electron chi connectivity index (χ3n) is 5.47. The summed E-state index contributed by atoms with van der Waals surface area (Å²) < 4.78 is 37.7. The third-order valence-corrected chi connectivity index (χ3v) is 7.38. The van der Waals surface area contributed by atoms with Gasteiger partial charge in [0.25, 0.3) is 5.91 Å². The summed E-state index contributed by atoms with van der Waals surface area (Å²) >= 11 is 0. The molecule has 1 saturated heterocycles. The lowest BCUT2D eigenvalue weighted by Crippen LogP contribution is -2.37. The molecule has 168 valence electrons. The van der Waals surface area contributed by atoms with Crippen molar-refractivity contribution in [1.29, 1.82) is 0 Å². The first-order chi connectivity index (χ1) is 14.9. The Morgan fingerprint density at radius 1 is 1.03 bits per heavy atom. The zero-order valence-corrected chi connectivity index (χ0v) is 18.9. The van der Waals surface area contributed by atoms with E-state index in [9.17, 15) is 13.2 Å². The summed E-state index contributed by atoms with van der Waals surface area (Å²) in [4.78, 5) is 12.3. The molecule has 3 rings (SSSR count). The molecular formula is C23H30N2O5S. The quantitative estimate of drug-likeness (QED) is 0.640. The molecule has 0 radical (unpaired) electrons. The number of benzene rings is 2. The number of nitrogens with zero attached hydrogens (tertiary/aromatic N) is 1. The van der Waals surface area contributed by atoms with Crippen LogP contribution in [0.4, 0.5) is 0 Å². The predicted molar refractivity (Wildman–Crippen MR) is 119 cm³/mol. The van der Waals surface area contributed by atoms with Gasteiger partial charge in [0, 0.05) is 19.6 Å². The first-order valence-corrected chi connectivity index (χ1v) is 11.9. The van der Waals surface area contributed by atoms with Crippen LogP contribution in [0.2, 0.25) is 0 Å². The van der Waals surface area contributed by atoms with Gasteiger partial charge in [0.1, 0.15) is 11.5 Å². The van der Waals surface area contributed by atoms with E-state index < -0.39 is 10.0 Å². The Morgan fingerprint density at radius 3 is 2.26 bits per heavy atom. The summed E-state index contributed by atoms with van der Waals surface area (Å²) in [6.45, 7) is 3.63. The molecule has 0 saturated carbocycles. The lowest BCUT2D eigenvalue weighted by molar-refractivity contribution is -0.123. The molecule has 0 aromatic heterocycles. The number of carbonyl (C=O) groups is 1. The molecule has 2 aromatic rings. The smallest absolute Gasteiger partial charge is 0.257 e. The van der Waals surface area contributed by atoms with E-state index in [1.54, 1.807) is 23.5 Å². The van der Waals surface area contributed by atoms with Crippen molar-refractivity contribution < 1.29 is 22.7 Å².